The molecule has 0 saturated carbocycles. The van der Waals surface area contributed by atoms with Crippen molar-refractivity contribution >= 4 is 55.7 Å². The van der Waals surface area contributed by atoms with Gasteiger partial charge in [0.1, 0.15) is 4.47 Å². The van der Waals surface area contributed by atoms with Gasteiger partial charge < -0.3 is 4.52 Å². The molecule has 1 aliphatic heterocycles. The highest BCUT2D eigenvalue weighted by molar-refractivity contribution is 9.10. The van der Waals surface area contributed by atoms with Gasteiger partial charge >= 0.3 is 0 Å². The predicted octanol–water partition coefficient (Wildman–Crippen LogP) is 6.03. The van der Waals surface area contributed by atoms with Crippen LogP contribution in [0.3, 0.4) is 0 Å². The van der Waals surface area contributed by atoms with Crippen molar-refractivity contribution in [2.75, 3.05) is 10.3 Å². The van der Waals surface area contributed by atoms with Crippen LogP contribution in [0.25, 0.3) is 0 Å². The van der Waals surface area contributed by atoms with Gasteiger partial charge in [0, 0.05) is 42.5 Å². The van der Waals surface area contributed by atoms with Crippen molar-refractivity contribution in [2.24, 2.45) is 0 Å². The zero-order chi connectivity index (χ0) is 25.5. The molecule has 1 aromatic carbocycles. The van der Waals surface area contributed by atoms with E-state index in [1.54, 1.807) is 24.5 Å². The van der Waals surface area contributed by atoms with Crippen LogP contribution in [0.1, 0.15) is 56.2 Å². The normalized spacial score (nSPS) is 15.6. The third kappa shape index (κ3) is 5.22. The lowest BCUT2D eigenvalue weighted by Crippen LogP contribution is -2.33. The first kappa shape index (κ1) is 26.3. The summed E-state index contributed by atoms with van der Waals surface area (Å²) in [6.07, 6.45) is 4.13. The van der Waals surface area contributed by atoms with Gasteiger partial charge in [0.15, 0.2) is 18.1 Å². The van der Waals surface area contributed by atoms with Crippen molar-refractivity contribution in [3.05, 3.63) is 62.8 Å². The summed E-state index contributed by atoms with van der Waals surface area (Å²) in [7, 11) is -4.27. The van der Waals surface area contributed by atoms with Crippen molar-refractivity contribution in [2.45, 2.75) is 57.0 Å². The molecule has 1 aliphatic rings. The number of anilines is 1. The Morgan fingerprint density at radius 1 is 1.26 bits per heavy atom. The molecule has 0 fully saturated rings. The van der Waals surface area contributed by atoms with Crippen LogP contribution >= 0.6 is 39.9 Å². The molecule has 0 bridgehead atoms. The molecule has 188 valence electrons. The van der Waals surface area contributed by atoms with Crippen LogP contribution in [0.4, 0.5) is 9.70 Å². The van der Waals surface area contributed by atoms with Crippen molar-refractivity contribution in [3.8, 4) is 0 Å². The van der Waals surface area contributed by atoms with Crippen LogP contribution in [0.2, 0.25) is 5.28 Å². The van der Waals surface area contributed by atoms with Gasteiger partial charge in [-0.25, -0.2) is 18.4 Å². The fourth-order valence-electron chi connectivity index (χ4n) is 3.92. The molecule has 1 atom stereocenters. The van der Waals surface area contributed by atoms with Crippen LogP contribution in [0.5, 0.6) is 0 Å². The summed E-state index contributed by atoms with van der Waals surface area (Å²) in [6, 6.07) is 4.89. The SMILES string of the molecule is CC(c1cnc(Cl)nc1)N1CCc2ccc(S(=O)(=O)N(SF)c3noc(C(C)(C)C)c3Br)cc2C1. The van der Waals surface area contributed by atoms with Crippen LogP contribution in [-0.4, -0.2) is 35.0 Å². The van der Waals surface area contributed by atoms with Crippen molar-refractivity contribution in [1.29, 1.82) is 0 Å². The Morgan fingerprint density at radius 3 is 2.54 bits per heavy atom. The number of fused-ring (bicyclic) bond motifs is 1. The minimum absolute atomic E-state index is 0.000445. The van der Waals surface area contributed by atoms with Gasteiger partial charge in [0.25, 0.3) is 10.0 Å². The lowest BCUT2D eigenvalue weighted by molar-refractivity contribution is 0.191. The maximum absolute atomic E-state index is 14.1. The summed E-state index contributed by atoms with van der Waals surface area (Å²) >= 11 is 8.70. The molecule has 3 aromatic rings. The molecular formula is C22H24BrClFN5O3S2. The Kier molecular flexibility index (Phi) is 7.50. The number of hydrogen-bond acceptors (Lipinski definition) is 8. The summed E-state index contributed by atoms with van der Waals surface area (Å²) in [5.41, 5.74) is 2.36. The van der Waals surface area contributed by atoms with E-state index in [0.717, 1.165) is 29.7 Å². The van der Waals surface area contributed by atoms with Crippen LogP contribution in [0, 0.1) is 0 Å². The molecule has 35 heavy (non-hydrogen) atoms. The Morgan fingerprint density at radius 2 is 1.94 bits per heavy atom. The lowest BCUT2D eigenvalue weighted by Gasteiger charge is -2.34. The second kappa shape index (κ2) is 9.97. The van der Waals surface area contributed by atoms with Gasteiger partial charge in [-0.05, 0) is 64.1 Å². The quantitative estimate of drug-likeness (QED) is 0.249. The largest absolute Gasteiger partial charge is 0.357 e. The van der Waals surface area contributed by atoms with Gasteiger partial charge in [-0.2, -0.15) is 3.71 Å². The molecule has 0 spiro atoms. The number of aromatic nitrogens is 3. The van der Waals surface area contributed by atoms with E-state index in [9.17, 15) is 12.3 Å². The van der Waals surface area contributed by atoms with E-state index >= 15 is 0 Å². The van der Waals surface area contributed by atoms with Gasteiger partial charge in [0.2, 0.25) is 11.1 Å². The number of hydrogen-bond donors (Lipinski definition) is 0. The van der Waals surface area contributed by atoms with E-state index in [2.05, 4.69) is 36.0 Å². The molecule has 4 rings (SSSR count). The fraction of sp³-hybridized carbons (Fsp3) is 0.409. The molecule has 13 heteroatoms. The van der Waals surface area contributed by atoms with E-state index in [1.165, 1.54) is 6.07 Å². The average molecular weight is 605 g/mol. The highest BCUT2D eigenvalue weighted by atomic mass is 79.9. The first-order chi connectivity index (χ1) is 16.4. The van der Waals surface area contributed by atoms with Crippen LogP contribution < -0.4 is 3.71 Å². The van der Waals surface area contributed by atoms with E-state index in [4.69, 9.17) is 16.1 Å². The first-order valence-corrected chi connectivity index (χ1v) is 14.0. The van der Waals surface area contributed by atoms with Crippen LogP contribution in [0.15, 0.2) is 44.5 Å². The van der Waals surface area contributed by atoms with E-state index in [0.29, 0.717) is 20.5 Å². The molecule has 0 radical (unpaired) electrons. The van der Waals surface area contributed by atoms with Gasteiger partial charge in [-0.1, -0.05) is 32.0 Å². The maximum Gasteiger partial charge on any atom is 0.277 e. The summed E-state index contributed by atoms with van der Waals surface area (Å²) in [5.74, 6) is 0.265. The van der Waals surface area contributed by atoms with Crippen molar-refractivity contribution in [1.82, 2.24) is 20.0 Å². The summed E-state index contributed by atoms with van der Waals surface area (Å²) < 4.78 is 47.1. The third-order valence-corrected chi connectivity index (χ3v) is 9.37. The van der Waals surface area contributed by atoms with Crippen LogP contribution in [-0.2, 0) is 28.4 Å². The fourth-order valence-corrected chi connectivity index (χ4v) is 6.99. The molecule has 1 unspecified atom stereocenters. The number of halogens is 3. The maximum atomic E-state index is 14.1. The standard InChI is InChI=1S/C22H24BrClFN5O3S2/c1-13(16-10-26-21(24)27-11-16)29-8-7-14-5-6-17(9-15(14)12-29)35(31,32)30(34-25)20-18(23)19(33-28-20)22(2,3)4/h5-6,9-11,13H,7-8,12H2,1-4H3. The third-order valence-electron chi connectivity index (χ3n) is 5.94. The van der Waals surface area contributed by atoms with Crippen molar-refractivity contribution in [3.63, 3.8) is 0 Å². The first-order valence-electron chi connectivity index (χ1n) is 10.8. The average Bonchev–Trinajstić information content (AvgIpc) is 3.20. The topological polar surface area (TPSA) is 92.4 Å². The van der Waals surface area contributed by atoms with Crippen molar-refractivity contribution < 1.29 is 16.8 Å². The zero-order valence-electron chi connectivity index (χ0n) is 19.5. The summed E-state index contributed by atoms with van der Waals surface area (Å²) in [5, 5.41) is 4.03. The number of benzene rings is 1. The minimum Gasteiger partial charge on any atom is -0.357 e. The number of rotatable bonds is 6. The molecule has 0 aliphatic carbocycles. The molecule has 0 N–H and O–H groups in total. The number of nitrogens with zero attached hydrogens (tertiary/aromatic N) is 5. The smallest absolute Gasteiger partial charge is 0.277 e. The summed E-state index contributed by atoms with van der Waals surface area (Å²) in [4.78, 5) is 10.3. The predicted molar refractivity (Wildman–Crippen MR) is 137 cm³/mol. The second-order valence-electron chi connectivity index (χ2n) is 9.31. The molecule has 0 amide bonds. The Hall–Kier alpha value is -1.73. The number of sulfonamides is 1. The van der Waals surface area contributed by atoms with Gasteiger partial charge in [0.05, 0.1) is 4.90 Å². The van der Waals surface area contributed by atoms with Gasteiger partial charge in [-0.15, -0.1) is 3.89 Å². The highest BCUT2D eigenvalue weighted by Crippen LogP contribution is 2.41. The van der Waals surface area contributed by atoms with E-state index in [1.807, 2.05) is 27.7 Å². The molecule has 3 heterocycles. The molecule has 8 nitrogen and oxygen atoms in total. The minimum atomic E-state index is -4.27. The lowest BCUT2D eigenvalue weighted by atomic mass is 9.93. The molecular weight excluding hydrogens is 581 g/mol. The second-order valence-corrected chi connectivity index (χ2v) is 13.0. The molecule has 0 saturated heterocycles. The Balaban J connectivity index is 1.63. The van der Waals surface area contributed by atoms with Gasteiger partial charge in [-0.3, -0.25) is 4.90 Å². The summed E-state index contributed by atoms with van der Waals surface area (Å²) in [6.45, 7) is 9.00. The molecule has 2 aromatic heterocycles. The Bertz CT molecular complexity index is 1330. The zero-order valence-corrected chi connectivity index (χ0v) is 23.5. The monoisotopic (exact) mass is 603 g/mol. The highest BCUT2D eigenvalue weighted by Gasteiger charge is 2.35. The van der Waals surface area contributed by atoms with E-state index in [-0.39, 0.29) is 22.0 Å². The van der Waals surface area contributed by atoms with E-state index < -0.39 is 27.8 Å². The Labute approximate surface area is 221 Å².